The van der Waals surface area contributed by atoms with Gasteiger partial charge >= 0.3 is 0 Å². The molecule has 2 aliphatic rings. The van der Waals surface area contributed by atoms with E-state index in [0.29, 0.717) is 41.0 Å². The number of halogens is 1. The molecule has 0 N–H and O–H groups in total. The zero-order valence-electron chi connectivity index (χ0n) is 22.6. The van der Waals surface area contributed by atoms with Gasteiger partial charge in [0.25, 0.3) is 5.56 Å². The molecule has 3 aromatic carbocycles. The van der Waals surface area contributed by atoms with Crippen LogP contribution in [-0.4, -0.2) is 40.7 Å². The van der Waals surface area contributed by atoms with E-state index in [0.717, 1.165) is 42.6 Å². The second kappa shape index (κ2) is 11.3. The van der Waals surface area contributed by atoms with Gasteiger partial charge in [-0.1, -0.05) is 49.6 Å². The Balaban J connectivity index is 1.43. The van der Waals surface area contributed by atoms with Crippen LogP contribution in [0.2, 0.25) is 0 Å². The van der Waals surface area contributed by atoms with Crippen molar-refractivity contribution in [2.45, 2.75) is 57.5 Å². The Morgan fingerprint density at radius 3 is 2.56 bits per heavy atom. The Labute approximate surface area is 229 Å². The zero-order valence-corrected chi connectivity index (χ0v) is 22.6. The number of methoxy groups -OCH3 is 1. The molecule has 4 aromatic rings. The fourth-order valence-corrected chi connectivity index (χ4v) is 6.56. The molecule has 202 valence electrons. The van der Waals surface area contributed by atoms with E-state index in [-0.39, 0.29) is 11.4 Å². The molecule has 1 aliphatic heterocycles. The summed E-state index contributed by atoms with van der Waals surface area (Å²) in [4.78, 5) is 21.9. The second-order valence-corrected chi connectivity index (χ2v) is 11.1. The largest absolute Gasteiger partial charge is 0.496 e. The molecule has 1 saturated carbocycles. The van der Waals surface area contributed by atoms with Gasteiger partial charge in [-0.05, 0) is 85.7 Å². The predicted molar refractivity (Wildman–Crippen MR) is 155 cm³/mol. The molecular weight excluding hydrogens is 489 g/mol. The molecule has 6 rings (SSSR count). The number of ether oxygens (including phenoxy) is 1. The molecule has 0 radical (unpaired) electrons. The van der Waals surface area contributed by atoms with E-state index in [9.17, 15) is 9.18 Å². The lowest BCUT2D eigenvalue weighted by molar-refractivity contribution is 0.0921. The topological polar surface area (TPSA) is 47.4 Å². The average Bonchev–Trinajstić information content (AvgIpc) is 2.99. The molecule has 2 fully saturated rings. The number of piperidine rings is 1. The van der Waals surface area contributed by atoms with Gasteiger partial charge in [-0.2, -0.15) is 0 Å². The summed E-state index contributed by atoms with van der Waals surface area (Å²) < 4.78 is 21.5. The van der Waals surface area contributed by atoms with Crippen LogP contribution in [0, 0.1) is 11.7 Å². The Morgan fingerprint density at radius 1 is 0.923 bits per heavy atom. The number of benzene rings is 3. The normalized spacial score (nSPS) is 18.9. The van der Waals surface area contributed by atoms with Crippen LogP contribution >= 0.6 is 0 Å². The predicted octanol–water partition coefficient (Wildman–Crippen LogP) is 6.92. The first-order valence-corrected chi connectivity index (χ1v) is 14.3. The maximum Gasteiger partial charge on any atom is 0.261 e. The Bertz CT molecular complexity index is 1530. The molecule has 1 aliphatic carbocycles. The van der Waals surface area contributed by atoms with Crippen LogP contribution in [0.25, 0.3) is 33.4 Å². The van der Waals surface area contributed by atoms with Gasteiger partial charge in [-0.15, -0.1) is 0 Å². The van der Waals surface area contributed by atoms with E-state index < -0.39 is 0 Å². The molecule has 39 heavy (non-hydrogen) atoms. The van der Waals surface area contributed by atoms with Crippen molar-refractivity contribution in [1.29, 1.82) is 0 Å². The maximum absolute atomic E-state index is 14.2. The molecule has 0 amide bonds. The van der Waals surface area contributed by atoms with Gasteiger partial charge in [0, 0.05) is 19.1 Å². The van der Waals surface area contributed by atoms with Crippen molar-refractivity contribution in [3.63, 3.8) is 0 Å². The van der Waals surface area contributed by atoms with Gasteiger partial charge in [-0.3, -0.25) is 9.36 Å². The molecular formula is C33H36FN3O2. The van der Waals surface area contributed by atoms with Gasteiger partial charge in [0.2, 0.25) is 0 Å². The van der Waals surface area contributed by atoms with Gasteiger partial charge in [-0.25, -0.2) is 9.37 Å². The van der Waals surface area contributed by atoms with Gasteiger partial charge in [0.05, 0.1) is 23.6 Å². The molecule has 0 bridgehead atoms. The lowest BCUT2D eigenvalue weighted by atomic mass is 9.90. The van der Waals surface area contributed by atoms with Crippen molar-refractivity contribution in [2.24, 2.45) is 5.92 Å². The van der Waals surface area contributed by atoms with Crippen LogP contribution in [-0.2, 0) is 6.54 Å². The molecule has 1 saturated heterocycles. The number of hydrogen-bond donors (Lipinski definition) is 0. The summed E-state index contributed by atoms with van der Waals surface area (Å²) >= 11 is 0. The van der Waals surface area contributed by atoms with Crippen molar-refractivity contribution < 1.29 is 9.13 Å². The third-order valence-electron chi connectivity index (χ3n) is 8.54. The summed E-state index contributed by atoms with van der Waals surface area (Å²) in [6.45, 7) is 2.79. The lowest BCUT2D eigenvalue weighted by Gasteiger charge is -2.40. The fraction of sp³-hybridized carbons (Fsp3) is 0.394. The van der Waals surface area contributed by atoms with E-state index in [1.54, 1.807) is 13.2 Å². The molecule has 2 heterocycles. The summed E-state index contributed by atoms with van der Waals surface area (Å²) in [5.74, 6) is 1.41. The first-order valence-electron chi connectivity index (χ1n) is 14.3. The van der Waals surface area contributed by atoms with Gasteiger partial charge < -0.3 is 9.64 Å². The van der Waals surface area contributed by atoms with Crippen LogP contribution in [0.1, 0.15) is 44.9 Å². The molecule has 1 unspecified atom stereocenters. The zero-order chi connectivity index (χ0) is 26.8. The number of nitrogens with zero attached hydrogens (tertiary/aromatic N) is 3. The summed E-state index contributed by atoms with van der Waals surface area (Å²) in [6.07, 6.45) is 8.84. The van der Waals surface area contributed by atoms with Gasteiger partial charge in [0.1, 0.15) is 17.4 Å². The van der Waals surface area contributed by atoms with Gasteiger partial charge in [0.15, 0.2) is 0 Å². The lowest BCUT2D eigenvalue weighted by Crippen LogP contribution is -2.45. The Morgan fingerprint density at radius 2 is 1.74 bits per heavy atom. The Kier molecular flexibility index (Phi) is 7.47. The van der Waals surface area contributed by atoms with E-state index in [1.807, 2.05) is 53.1 Å². The van der Waals surface area contributed by atoms with Crippen LogP contribution < -0.4 is 10.3 Å². The summed E-state index contributed by atoms with van der Waals surface area (Å²) in [5.41, 5.74) is 2.93. The highest BCUT2D eigenvalue weighted by Gasteiger charge is 2.28. The molecule has 1 atom stereocenters. The second-order valence-electron chi connectivity index (χ2n) is 11.1. The highest BCUT2D eigenvalue weighted by Crippen LogP contribution is 2.32. The van der Waals surface area contributed by atoms with Crippen molar-refractivity contribution in [3.05, 3.63) is 82.9 Å². The van der Waals surface area contributed by atoms with E-state index >= 15 is 0 Å². The summed E-state index contributed by atoms with van der Waals surface area (Å²) in [7, 11) is 1.65. The van der Waals surface area contributed by atoms with Crippen molar-refractivity contribution in [3.8, 4) is 28.3 Å². The number of rotatable bonds is 6. The summed E-state index contributed by atoms with van der Waals surface area (Å²) in [5, 5.41) is 0.551. The third-order valence-corrected chi connectivity index (χ3v) is 8.54. The minimum atomic E-state index is -0.297. The minimum Gasteiger partial charge on any atom is -0.496 e. The van der Waals surface area contributed by atoms with Crippen LogP contribution in [0.4, 0.5) is 4.39 Å². The number of aromatic nitrogens is 2. The minimum absolute atomic E-state index is 0.0612. The molecule has 6 heteroatoms. The van der Waals surface area contributed by atoms with Crippen molar-refractivity contribution in [1.82, 2.24) is 14.5 Å². The maximum atomic E-state index is 14.2. The highest BCUT2D eigenvalue weighted by atomic mass is 19.1. The third kappa shape index (κ3) is 5.35. The molecule has 1 aromatic heterocycles. The number of hydrogen-bond acceptors (Lipinski definition) is 4. The Hall–Kier alpha value is -3.51. The van der Waals surface area contributed by atoms with Crippen molar-refractivity contribution >= 4 is 10.9 Å². The van der Waals surface area contributed by atoms with E-state index in [2.05, 4.69) is 4.90 Å². The monoisotopic (exact) mass is 525 g/mol. The number of likely N-dealkylation sites (tertiary alicyclic amines) is 1. The SMILES string of the molecule is COc1ccccc1-c1nc2ccc(-c3cccc(F)c3)cc2c(=O)n1CC1CCCN(C2CCCCC2)C1. The number of para-hydroxylation sites is 1. The smallest absolute Gasteiger partial charge is 0.261 e. The van der Waals surface area contributed by atoms with Crippen LogP contribution in [0.3, 0.4) is 0 Å². The first kappa shape index (κ1) is 25.8. The average molecular weight is 526 g/mol. The highest BCUT2D eigenvalue weighted by molar-refractivity contribution is 5.85. The molecule has 5 nitrogen and oxygen atoms in total. The fourth-order valence-electron chi connectivity index (χ4n) is 6.56. The molecule has 0 spiro atoms. The van der Waals surface area contributed by atoms with E-state index in [1.165, 1.54) is 44.2 Å². The standard InChI is InChI=1S/C33H36FN3O2/c1-39-31-15-6-5-14-28(31)32-35-30-17-16-25(24-10-7-11-26(34)19-24)20-29(30)33(38)37(32)22-23-9-8-18-36(21-23)27-12-3-2-4-13-27/h5-7,10-11,14-17,19-20,23,27H,2-4,8-9,12-13,18,21-22H2,1H3. The van der Waals surface area contributed by atoms with Crippen LogP contribution in [0.15, 0.2) is 71.5 Å². The van der Waals surface area contributed by atoms with Crippen molar-refractivity contribution in [2.75, 3.05) is 20.2 Å². The quantitative estimate of drug-likeness (QED) is 0.274. The first-order chi connectivity index (χ1) is 19.1. The number of fused-ring (bicyclic) bond motifs is 1. The van der Waals surface area contributed by atoms with Crippen LogP contribution in [0.5, 0.6) is 5.75 Å². The summed E-state index contributed by atoms with van der Waals surface area (Å²) in [6, 6.07) is 20.6. The van der Waals surface area contributed by atoms with E-state index in [4.69, 9.17) is 9.72 Å².